The molecule has 9 heteroatoms. The van der Waals surface area contributed by atoms with Crippen molar-refractivity contribution < 1.29 is 14.5 Å². The fraction of sp³-hybridized carbons (Fsp3) is 0.0968. The molecule has 0 bridgehead atoms. The van der Waals surface area contributed by atoms with Crippen molar-refractivity contribution in [1.29, 1.82) is 0 Å². The van der Waals surface area contributed by atoms with Crippen molar-refractivity contribution in [1.82, 2.24) is 9.88 Å². The Labute approximate surface area is 234 Å². The molecule has 0 saturated carbocycles. The molecule has 5 aromatic rings. The molecule has 0 unspecified atom stereocenters. The lowest BCUT2D eigenvalue weighted by Crippen LogP contribution is -2.31. The Bertz CT molecular complexity index is 1820. The number of rotatable bonds is 7. The first kappa shape index (κ1) is 25.4. The summed E-state index contributed by atoms with van der Waals surface area (Å²) in [6.45, 7) is 0.431. The van der Waals surface area contributed by atoms with Crippen LogP contribution >= 0.6 is 11.8 Å². The van der Waals surface area contributed by atoms with Gasteiger partial charge in [-0.15, -0.1) is 0 Å². The van der Waals surface area contributed by atoms with E-state index in [1.165, 1.54) is 23.9 Å². The second-order valence-corrected chi connectivity index (χ2v) is 10.3. The van der Waals surface area contributed by atoms with Crippen molar-refractivity contribution in [2.45, 2.75) is 6.42 Å². The largest absolute Gasteiger partial charge is 0.496 e. The van der Waals surface area contributed by atoms with Gasteiger partial charge in [0.2, 0.25) is 0 Å². The SMILES string of the molecule is COc1ccc(/C=C2\SC(=Nc3ccc([N+](=O)[O-])cc3)N(CCc3c[nH]c4ccccc34)C2=O)c2ccccc12. The van der Waals surface area contributed by atoms with Gasteiger partial charge in [-0.05, 0) is 65.0 Å². The minimum atomic E-state index is -0.446. The lowest BCUT2D eigenvalue weighted by atomic mass is 10.0. The average Bonchev–Trinajstić information content (AvgIpc) is 3.52. The predicted molar refractivity (Wildman–Crippen MR) is 160 cm³/mol. The Kier molecular flexibility index (Phi) is 6.79. The van der Waals surface area contributed by atoms with E-state index < -0.39 is 4.92 Å². The van der Waals surface area contributed by atoms with Crippen molar-refractivity contribution in [3.63, 3.8) is 0 Å². The van der Waals surface area contributed by atoms with Crippen molar-refractivity contribution in [2.24, 2.45) is 4.99 Å². The number of ether oxygens (including phenoxy) is 1. The molecule has 4 aromatic carbocycles. The van der Waals surface area contributed by atoms with Gasteiger partial charge in [0.15, 0.2) is 5.17 Å². The van der Waals surface area contributed by atoms with E-state index in [0.29, 0.717) is 28.7 Å². The summed E-state index contributed by atoms with van der Waals surface area (Å²) in [5.74, 6) is 0.634. The molecule has 6 rings (SSSR count). The van der Waals surface area contributed by atoms with Gasteiger partial charge in [0.25, 0.3) is 11.6 Å². The molecule has 2 heterocycles. The molecule has 198 valence electrons. The third kappa shape index (κ3) is 4.83. The fourth-order valence-electron chi connectivity index (χ4n) is 4.86. The molecule has 0 aliphatic carbocycles. The first-order valence-corrected chi connectivity index (χ1v) is 13.5. The van der Waals surface area contributed by atoms with Gasteiger partial charge in [-0.2, -0.15) is 0 Å². The van der Waals surface area contributed by atoms with Crippen LogP contribution in [0.25, 0.3) is 27.8 Å². The first-order valence-electron chi connectivity index (χ1n) is 12.7. The molecule has 1 aromatic heterocycles. The molecule has 1 fully saturated rings. The van der Waals surface area contributed by atoms with Crippen LogP contribution in [0.15, 0.2) is 101 Å². The Balaban J connectivity index is 1.36. The molecule has 1 aliphatic heterocycles. The normalized spacial score (nSPS) is 15.5. The third-order valence-corrected chi connectivity index (χ3v) is 7.88. The van der Waals surface area contributed by atoms with Crippen LogP contribution in [0, 0.1) is 10.1 Å². The van der Waals surface area contributed by atoms with Crippen molar-refractivity contribution in [3.05, 3.63) is 117 Å². The average molecular weight is 549 g/mol. The summed E-state index contributed by atoms with van der Waals surface area (Å²) in [6, 6.07) is 25.9. The highest BCUT2D eigenvalue weighted by Crippen LogP contribution is 2.37. The van der Waals surface area contributed by atoms with Crippen LogP contribution in [0.2, 0.25) is 0 Å². The Morgan fingerprint density at radius 3 is 2.45 bits per heavy atom. The highest BCUT2D eigenvalue weighted by atomic mass is 32.2. The number of amidine groups is 1. The summed E-state index contributed by atoms with van der Waals surface area (Å²) >= 11 is 1.30. The number of carbonyl (C=O) groups is 1. The summed E-state index contributed by atoms with van der Waals surface area (Å²) < 4.78 is 5.53. The third-order valence-electron chi connectivity index (χ3n) is 6.88. The number of methoxy groups -OCH3 is 1. The van der Waals surface area contributed by atoms with Crippen LogP contribution in [-0.4, -0.2) is 39.5 Å². The second-order valence-electron chi connectivity index (χ2n) is 9.25. The van der Waals surface area contributed by atoms with E-state index in [1.54, 1.807) is 24.1 Å². The number of benzene rings is 4. The van der Waals surface area contributed by atoms with Crippen LogP contribution < -0.4 is 4.74 Å². The maximum atomic E-state index is 13.8. The zero-order valence-electron chi connectivity index (χ0n) is 21.5. The highest BCUT2D eigenvalue weighted by molar-refractivity contribution is 8.18. The van der Waals surface area contributed by atoms with Gasteiger partial charge >= 0.3 is 0 Å². The van der Waals surface area contributed by atoms with Crippen molar-refractivity contribution in [2.75, 3.05) is 13.7 Å². The number of carbonyl (C=O) groups excluding carboxylic acids is 1. The number of para-hydroxylation sites is 1. The fourth-order valence-corrected chi connectivity index (χ4v) is 5.87. The molecule has 0 atom stereocenters. The van der Waals surface area contributed by atoms with Gasteiger partial charge in [0, 0.05) is 41.2 Å². The second kappa shape index (κ2) is 10.7. The number of H-pyrrole nitrogens is 1. The number of fused-ring (bicyclic) bond motifs is 2. The number of non-ortho nitro benzene ring substituents is 1. The van der Waals surface area contributed by atoms with E-state index in [1.807, 2.05) is 66.9 Å². The lowest BCUT2D eigenvalue weighted by molar-refractivity contribution is -0.384. The van der Waals surface area contributed by atoms with E-state index >= 15 is 0 Å². The maximum absolute atomic E-state index is 13.8. The molecule has 1 aliphatic rings. The smallest absolute Gasteiger partial charge is 0.269 e. The zero-order valence-corrected chi connectivity index (χ0v) is 22.4. The zero-order chi connectivity index (χ0) is 27.6. The van der Waals surface area contributed by atoms with E-state index in [-0.39, 0.29) is 11.6 Å². The summed E-state index contributed by atoms with van der Waals surface area (Å²) in [7, 11) is 1.64. The van der Waals surface area contributed by atoms with Gasteiger partial charge in [-0.1, -0.05) is 48.5 Å². The van der Waals surface area contributed by atoms with E-state index in [2.05, 4.69) is 11.1 Å². The Morgan fingerprint density at radius 2 is 1.70 bits per heavy atom. The van der Waals surface area contributed by atoms with Gasteiger partial charge in [0.1, 0.15) is 5.75 Å². The standard InChI is InChI=1S/C31H24N4O4S/c1-39-28-15-10-20(24-6-2-3-8-26(24)28)18-29-30(36)34(17-16-21-19-32-27-9-5-4-7-25(21)27)31(40-29)33-22-11-13-23(14-12-22)35(37)38/h2-15,18-19,32H,16-17H2,1H3/b29-18-,33-31?. The number of aromatic amines is 1. The van der Waals surface area contributed by atoms with Gasteiger partial charge < -0.3 is 9.72 Å². The Hall–Kier alpha value is -4.89. The number of nitro benzene ring substituents is 1. The van der Waals surface area contributed by atoms with Crippen LogP contribution in [0.4, 0.5) is 11.4 Å². The lowest BCUT2D eigenvalue weighted by Gasteiger charge is -2.15. The Morgan fingerprint density at radius 1 is 0.975 bits per heavy atom. The molecular weight excluding hydrogens is 524 g/mol. The monoisotopic (exact) mass is 548 g/mol. The molecule has 1 saturated heterocycles. The van der Waals surface area contributed by atoms with Gasteiger partial charge in [-0.3, -0.25) is 19.8 Å². The molecule has 1 N–H and O–H groups in total. The number of amides is 1. The molecule has 0 spiro atoms. The predicted octanol–water partition coefficient (Wildman–Crippen LogP) is 7.08. The minimum Gasteiger partial charge on any atom is -0.496 e. The number of hydrogen-bond acceptors (Lipinski definition) is 6. The van der Waals surface area contributed by atoms with Gasteiger partial charge in [0.05, 0.1) is 22.6 Å². The molecule has 0 radical (unpaired) electrons. The van der Waals surface area contributed by atoms with Crippen molar-refractivity contribution >= 4 is 62.0 Å². The maximum Gasteiger partial charge on any atom is 0.269 e. The summed E-state index contributed by atoms with van der Waals surface area (Å²) in [5, 5.41) is 14.7. The summed E-state index contributed by atoms with van der Waals surface area (Å²) in [6.07, 6.45) is 4.51. The molecule has 8 nitrogen and oxygen atoms in total. The van der Waals surface area contributed by atoms with Crippen LogP contribution in [-0.2, 0) is 11.2 Å². The number of thioether (sulfide) groups is 1. The van der Waals surface area contributed by atoms with Gasteiger partial charge in [-0.25, -0.2) is 4.99 Å². The quantitative estimate of drug-likeness (QED) is 0.133. The number of nitro groups is 1. The minimum absolute atomic E-state index is 0.0118. The number of aliphatic imine (C=N–C) groups is 1. The van der Waals surface area contributed by atoms with Crippen LogP contribution in [0.5, 0.6) is 5.75 Å². The molecule has 1 amide bonds. The number of nitrogens with one attached hydrogen (secondary N) is 1. The number of aromatic nitrogens is 1. The topological polar surface area (TPSA) is 101 Å². The summed E-state index contributed by atoms with van der Waals surface area (Å²) in [4.78, 5) is 34.7. The van der Waals surface area contributed by atoms with Crippen molar-refractivity contribution in [3.8, 4) is 5.75 Å². The summed E-state index contributed by atoms with van der Waals surface area (Å²) in [5.41, 5.74) is 3.59. The highest BCUT2D eigenvalue weighted by Gasteiger charge is 2.33. The van der Waals surface area contributed by atoms with E-state index in [4.69, 9.17) is 9.73 Å². The molecule has 40 heavy (non-hydrogen) atoms. The van der Waals surface area contributed by atoms with E-state index in [0.717, 1.165) is 38.6 Å². The first-order chi connectivity index (χ1) is 19.5. The number of nitrogens with zero attached hydrogens (tertiary/aromatic N) is 3. The number of hydrogen-bond donors (Lipinski definition) is 1. The van der Waals surface area contributed by atoms with E-state index in [9.17, 15) is 14.9 Å². The van der Waals surface area contributed by atoms with Crippen LogP contribution in [0.1, 0.15) is 11.1 Å². The molecular formula is C31H24N4O4S. The van der Waals surface area contributed by atoms with Crippen LogP contribution in [0.3, 0.4) is 0 Å².